The number of nitrogens with one attached hydrogen (secondary N) is 1. The van der Waals surface area contributed by atoms with Gasteiger partial charge in [0.25, 0.3) is 0 Å². The van der Waals surface area contributed by atoms with Crippen LogP contribution >= 0.6 is 12.2 Å². The summed E-state index contributed by atoms with van der Waals surface area (Å²) in [7, 11) is 0. The fraction of sp³-hybridized carbons (Fsp3) is 0.267. The number of hydrogen-bond donors (Lipinski definition) is 1. The molecule has 22 heavy (non-hydrogen) atoms. The Kier molecular flexibility index (Phi) is 5.07. The van der Waals surface area contributed by atoms with E-state index in [4.69, 9.17) is 16.6 Å². The number of halogens is 3. The molecule has 0 unspecified atom stereocenters. The van der Waals surface area contributed by atoms with Crippen LogP contribution in [0.3, 0.4) is 0 Å². The summed E-state index contributed by atoms with van der Waals surface area (Å²) in [5.41, 5.74) is 1.58. The van der Waals surface area contributed by atoms with Gasteiger partial charge < -0.3 is 14.6 Å². The fourth-order valence-electron chi connectivity index (χ4n) is 1.91. The first-order chi connectivity index (χ1) is 10.3. The van der Waals surface area contributed by atoms with Gasteiger partial charge in [0.05, 0.1) is 12.8 Å². The lowest BCUT2D eigenvalue weighted by Gasteiger charge is -2.26. The predicted octanol–water partition coefficient (Wildman–Crippen LogP) is 4.35. The van der Waals surface area contributed by atoms with Gasteiger partial charge in [0.2, 0.25) is 0 Å². The summed E-state index contributed by atoms with van der Waals surface area (Å²) < 4.78 is 43.4. The second-order valence-electron chi connectivity index (χ2n) is 4.80. The molecule has 0 atom stereocenters. The molecule has 0 bridgehead atoms. The maximum Gasteiger partial charge on any atom is 0.406 e. The zero-order valence-electron chi connectivity index (χ0n) is 11.9. The predicted molar refractivity (Wildman–Crippen MR) is 82.6 cm³/mol. The van der Waals surface area contributed by atoms with E-state index in [9.17, 15) is 13.2 Å². The third-order valence-corrected chi connectivity index (χ3v) is 3.33. The average Bonchev–Trinajstić information content (AvgIpc) is 2.92. The van der Waals surface area contributed by atoms with E-state index >= 15 is 0 Å². The molecule has 118 valence electrons. The van der Waals surface area contributed by atoms with Crippen LogP contribution in [0.25, 0.3) is 0 Å². The van der Waals surface area contributed by atoms with E-state index in [0.29, 0.717) is 11.4 Å². The van der Waals surface area contributed by atoms with Gasteiger partial charge in [-0.15, -0.1) is 0 Å². The second kappa shape index (κ2) is 6.83. The third-order valence-electron chi connectivity index (χ3n) is 2.97. The van der Waals surface area contributed by atoms with Crippen molar-refractivity contribution >= 4 is 23.0 Å². The lowest BCUT2D eigenvalue weighted by Crippen LogP contribution is -2.40. The smallest absolute Gasteiger partial charge is 0.406 e. The molecule has 0 radical (unpaired) electrons. The molecule has 2 aromatic rings. The molecule has 1 N–H and O–H groups in total. The first kappa shape index (κ1) is 16.4. The first-order valence-corrected chi connectivity index (χ1v) is 6.97. The summed E-state index contributed by atoms with van der Waals surface area (Å²) in [5.74, 6) is 0.415. The highest BCUT2D eigenvalue weighted by Gasteiger charge is 2.32. The van der Waals surface area contributed by atoms with Gasteiger partial charge in [-0.05, 0) is 42.9 Å². The van der Waals surface area contributed by atoms with E-state index in [1.54, 1.807) is 24.3 Å². The molecular formula is C15H15F3N2OS. The Bertz CT molecular complexity index is 626. The molecule has 2 rings (SSSR count). The van der Waals surface area contributed by atoms with E-state index in [1.165, 1.54) is 6.26 Å². The monoisotopic (exact) mass is 328 g/mol. The molecule has 0 aliphatic rings. The van der Waals surface area contributed by atoms with Crippen molar-refractivity contribution in [3.05, 3.63) is 54.0 Å². The van der Waals surface area contributed by atoms with Crippen LogP contribution in [0.5, 0.6) is 0 Å². The van der Waals surface area contributed by atoms with Crippen LogP contribution < -0.4 is 5.32 Å². The molecule has 3 nitrogen and oxygen atoms in total. The normalized spacial score (nSPS) is 11.3. The Hall–Kier alpha value is -2.02. The van der Waals surface area contributed by atoms with Gasteiger partial charge in [-0.1, -0.05) is 18.2 Å². The van der Waals surface area contributed by atoms with Crippen molar-refractivity contribution in [3.63, 3.8) is 0 Å². The Labute approximate surface area is 131 Å². The number of furan rings is 1. The van der Waals surface area contributed by atoms with Crippen LogP contribution in [-0.4, -0.2) is 22.7 Å². The molecular weight excluding hydrogens is 313 g/mol. The van der Waals surface area contributed by atoms with Gasteiger partial charge in [0.1, 0.15) is 12.3 Å². The van der Waals surface area contributed by atoms with Crippen molar-refractivity contribution in [2.45, 2.75) is 19.6 Å². The minimum atomic E-state index is -4.36. The molecule has 7 heteroatoms. The molecule has 0 saturated carbocycles. The highest BCUT2D eigenvalue weighted by molar-refractivity contribution is 7.80. The first-order valence-electron chi connectivity index (χ1n) is 6.56. The number of aryl methyl sites for hydroxylation is 1. The number of hydrogen-bond acceptors (Lipinski definition) is 2. The fourth-order valence-corrected chi connectivity index (χ4v) is 2.15. The van der Waals surface area contributed by atoms with Crippen LogP contribution in [-0.2, 0) is 6.54 Å². The minimum absolute atomic E-state index is 0.00280. The summed E-state index contributed by atoms with van der Waals surface area (Å²) in [5, 5.41) is 2.86. The van der Waals surface area contributed by atoms with Gasteiger partial charge in [-0.25, -0.2) is 0 Å². The number of alkyl halides is 3. The van der Waals surface area contributed by atoms with E-state index in [0.717, 1.165) is 10.5 Å². The van der Waals surface area contributed by atoms with Gasteiger partial charge in [0.15, 0.2) is 5.11 Å². The van der Waals surface area contributed by atoms with Crippen LogP contribution in [0, 0.1) is 6.92 Å². The lowest BCUT2D eigenvalue weighted by molar-refractivity contribution is -0.138. The van der Waals surface area contributed by atoms with Gasteiger partial charge in [-0.3, -0.25) is 0 Å². The average molecular weight is 328 g/mol. The summed E-state index contributed by atoms with van der Waals surface area (Å²) >= 11 is 5.13. The van der Waals surface area contributed by atoms with E-state index in [2.05, 4.69) is 5.32 Å². The maximum absolute atomic E-state index is 12.8. The van der Waals surface area contributed by atoms with Crippen LogP contribution in [0.1, 0.15) is 11.3 Å². The number of anilines is 1. The van der Waals surface area contributed by atoms with Crippen molar-refractivity contribution in [1.82, 2.24) is 4.90 Å². The van der Waals surface area contributed by atoms with Crippen molar-refractivity contribution in [2.24, 2.45) is 0 Å². The highest BCUT2D eigenvalue weighted by atomic mass is 32.1. The number of thiocarbonyl (C=S) groups is 1. The molecule has 0 saturated heterocycles. The van der Waals surface area contributed by atoms with Crippen molar-refractivity contribution in [3.8, 4) is 0 Å². The van der Waals surface area contributed by atoms with Crippen molar-refractivity contribution in [1.29, 1.82) is 0 Å². The summed E-state index contributed by atoms with van der Waals surface area (Å²) in [6.45, 7) is 0.654. The van der Waals surface area contributed by atoms with Gasteiger partial charge >= 0.3 is 6.18 Å². The largest absolute Gasteiger partial charge is 0.467 e. The zero-order chi connectivity index (χ0) is 16.2. The topological polar surface area (TPSA) is 28.4 Å². The van der Waals surface area contributed by atoms with Crippen LogP contribution in [0.4, 0.5) is 18.9 Å². The lowest BCUT2D eigenvalue weighted by atomic mass is 10.2. The number of para-hydroxylation sites is 1. The molecule has 0 aliphatic heterocycles. The number of rotatable bonds is 4. The molecule has 0 aliphatic carbocycles. The van der Waals surface area contributed by atoms with Gasteiger partial charge in [-0.2, -0.15) is 13.2 Å². The minimum Gasteiger partial charge on any atom is -0.467 e. The number of nitrogens with zero attached hydrogens (tertiary/aromatic N) is 1. The molecule has 0 spiro atoms. The van der Waals surface area contributed by atoms with Gasteiger partial charge in [0, 0.05) is 5.69 Å². The summed E-state index contributed by atoms with van der Waals surface area (Å²) in [4.78, 5) is 1.03. The Morgan fingerprint density at radius 1 is 1.23 bits per heavy atom. The number of benzene rings is 1. The van der Waals surface area contributed by atoms with Crippen LogP contribution in [0.2, 0.25) is 0 Å². The highest BCUT2D eigenvalue weighted by Crippen LogP contribution is 2.20. The second-order valence-corrected chi connectivity index (χ2v) is 5.18. The molecule has 1 aromatic carbocycles. The van der Waals surface area contributed by atoms with E-state index in [1.807, 2.05) is 19.1 Å². The molecule has 0 amide bonds. The quantitative estimate of drug-likeness (QED) is 0.845. The summed E-state index contributed by atoms with van der Waals surface area (Å²) in [6.07, 6.45) is -2.94. The zero-order valence-corrected chi connectivity index (χ0v) is 12.7. The Morgan fingerprint density at radius 2 is 1.95 bits per heavy atom. The summed E-state index contributed by atoms with van der Waals surface area (Å²) in [6, 6.07) is 10.5. The van der Waals surface area contributed by atoms with Crippen LogP contribution in [0.15, 0.2) is 47.1 Å². The molecule has 1 aromatic heterocycles. The SMILES string of the molecule is Cc1ccccc1NC(=S)N(Cc1ccco1)CC(F)(F)F. The Morgan fingerprint density at radius 3 is 2.55 bits per heavy atom. The van der Waals surface area contributed by atoms with Crippen molar-refractivity contribution in [2.75, 3.05) is 11.9 Å². The standard InChI is InChI=1S/C15H15F3N2OS/c1-11-5-2-3-7-13(11)19-14(22)20(10-15(16,17)18)9-12-6-4-8-21-12/h2-8H,9-10H2,1H3,(H,19,22). The van der Waals surface area contributed by atoms with Crippen molar-refractivity contribution < 1.29 is 17.6 Å². The van der Waals surface area contributed by atoms with E-state index < -0.39 is 12.7 Å². The Balaban J connectivity index is 2.13. The molecule has 1 heterocycles. The van der Waals surface area contributed by atoms with E-state index in [-0.39, 0.29) is 11.7 Å². The third kappa shape index (κ3) is 4.77. The molecule has 0 fully saturated rings. The maximum atomic E-state index is 12.8.